The number of piperidine rings is 1. The molecule has 1 N–H and O–H groups in total. The highest BCUT2D eigenvalue weighted by Crippen LogP contribution is 2.28. The number of thiophene rings is 1. The highest BCUT2D eigenvalue weighted by Gasteiger charge is 2.29. The molecule has 0 saturated carbocycles. The fraction of sp³-hybridized carbons (Fsp3) is 0.308. The molecule has 4 aromatic rings. The molecule has 1 amide bonds. The van der Waals surface area contributed by atoms with Gasteiger partial charge in [-0.3, -0.25) is 14.6 Å². The summed E-state index contributed by atoms with van der Waals surface area (Å²) in [5, 5.41) is 5.01. The van der Waals surface area contributed by atoms with Crippen molar-refractivity contribution in [3.05, 3.63) is 76.2 Å². The normalized spacial score (nSPS) is 15.2. The molecule has 0 aliphatic carbocycles. The minimum absolute atomic E-state index is 0.0486. The second-order valence-electron chi connectivity index (χ2n) is 8.67. The van der Waals surface area contributed by atoms with Crippen molar-refractivity contribution in [1.82, 2.24) is 19.9 Å². The Morgan fingerprint density at radius 1 is 1.20 bits per heavy atom. The summed E-state index contributed by atoms with van der Waals surface area (Å²) in [5.74, 6) is 1.22. The summed E-state index contributed by atoms with van der Waals surface area (Å²) in [6.07, 6.45) is 4.86. The van der Waals surface area contributed by atoms with Crippen LogP contribution in [0.5, 0.6) is 5.75 Å². The van der Waals surface area contributed by atoms with E-state index in [1.807, 2.05) is 54.8 Å². The van der Waals surface area contributed by atoms with Gasteiger partial charge in [0.1, 0.15) is 10.4 Å². The third kappa shape index (κ3) is 4.64. The molecule has 8 nitrogen and oxygen atoms in total. The van der Waals surface area contributed by atoms with Crippen molar-refractivity contribution in [1.29, 1.82) is 0 Å². The van der Waals surface area contributed by atoms with Crippen molar-refractivity contribution in [2.75, 3.05) is 25.1 Å². The van der Waals surface area contributed by atoms with Gasteiger partial charge in [-0.25, -0.2) is 9.55 Å². The number of pyridine rings is 1. The van der Waals surface area contributed by atoms with Gasteiger partial charge < -0.3 is 15.0 Å². The first-order chi connectivity index (χ1) is 17.0. The van der Waals surface area contributed by atoms with Gasteiger partial charge in [0.2, 0.25) is 11.9 Å². The molecule has 1 aromatic carbocycles. The van der Waals surface area contributed by atoms with Gasteiger partial charge in [-0.15, -0.1) is 11.3 Å². The molecule has 4 heterocycles. The zero-order chi connectivity index (χ0) is 24.4. The number of carbonyl (C=O) groups excluding carboxylic acids is 1. The smallest absolute Gasteiger partial charge is 0.277 e. The van der Waals surface area contributed by atoms with Crippen LogP contribution >= 0.6 is 11.3 Å². The highest BCUT2D eigenvalue weighted by molar-refractivity contribution is 7.17. The topological polar surface area (TPSA) is 89.3 Å². The van der Waals surface area contributed by atoms with E-state index < -0.39 is 0 Å². The van der Waals surface area contributed by atoms with Crippen molar-refractivity contribution in [2.45, 2.75) is 25.8 Å². The Hall–Kier alpha value is -3.72. The molecule has 0 unspecified atom stereocenters. The number of hydrogen-bond acceptors (Lipinski definition) is 7. The maximum absolute atomic E-state index is 13.5. The van der Waals surface area contributed by atoms with Gasteiger partial charge in [-0.1, -0.05) is 12.1 Å². The van der Waals surface area contributed by atoms with Crippen LogP contribution in [0.4, 0.5) is 5.95 Å². The molecule has 1 aliphatic heterocycles. The van der Waals surface area contributed by atoms with E-state index in [4.69, 9.17) is 9.72 Å². The van der Waals surface area contributed by atoms with Gasteiger partial charge in [0.15, 0.2) is 0 Å². The average molecular weight is 490 g/mol. The number of aromatic nitrogens is 3. The lowest BCUT2D eigenvalue weighted by Crippen LogP contribution is -2.43. The molecule has 35 heavy (non-hydrogen) atoms. The minimum Gasteiger partial charge on any atom is -0.497 e. The number of benzene rings is 1. The van der Waals surface area contributed by atoms with Gasteiger partial charge in [0.25, 0.3) is 5.56 Å². The summed E-state index contributed by atoms with van der Waals surface area (Å²) in [6, 6.07) is 13.0. The zero-order valence-corrected chi connectivity index (χ0v) is 20.5. The van der Waals surface area contributed by atoms with Crippen LogP contribution in [0.15, 0.2) is 65.0 Å². The van der Waals surface area contributed by atoms with E-state index in [1.165, 1.54) is 11.3 Å². The summed E-state index contributed by atoms with van der Waals surface area (Å²) < 4.78 is 7.66. The molecule has 1 atom stereocenters. The first-order valence-corrected chi connectivity index (χ1v) is 12.5. The van der Waals surface area contributed by atoms with E-state index in [-0.39, 0.29) is 23.4 Å². The van der Waals surface area contributed by atoms with Crippen LogP contribution in [-0.2, 0) is 4.79 Å². The average Bonchev–Trinajstić information content (AvgIpc) is 3.38. The van der Waals surface area contributed by atoms with Gasteiger partial charge in [-0.05, 0) is 55.0 Å². The Morgan fingerprint density at radius 3 is 2.77 bits per heavy atom. The number of hydrogen-bond donors (Lipinski definition) is 1. The van der Waals surface area contributed by atoms with Crippen LogP contribution in [0.3, 0.4) is 0 Å². The second-order valence-corrected chi connectivity index (χ2v) is 9.58. The minimum atomic E-state index is -0.102. The summed E-state index contributed by atoms with van der Waals surface area (Å²) >= 11 is 1.39. The molecule has 0 radical (unpaired) electrons. The Balaban J connectivity index is 1.38. The van der Waals surface area contributed by atoms with E-state index in [1.54, 1.807) is 24.1 Å². The van der Waals surface area contributed by atoms with Crippen LogP contribution < -0.4 is 20.5 Å². The third-order valence-electron chi connectivity index (χ3n) is 6.47. The number of amides is 1. The predicted octanol–water partition coefficient (Wildman–Crippen LogP) is 3.94. The van der Waals surface area contributed by atoms with Gasteiger partial charge in [-0.2, -0.15) is 0 Å². The fourth-order valence-corrected chi connectivity index (χ4v) is 5.24. The number of fused-ring (bicyclic) bond motifs is 1. The maximum Gasteiger partial charge on any atom is 0.277 e. The number of rotatable bonds is 6. The summed E-state index contributed by atoms with van der Waals surface area (Å²) in [6.45, 7) is 3.23. The second kappa shape index (κ2) is 9.87. The molecular formula is C26H27N5O3S. The lowest BCUT2D eigenvalue weighted by Gasteiger charge is -2.33. The van der Waals surface area contributed by atoms with E-state index in [9.17, 15) is 9.59 Å². The molecule has 1 saturated heterocycles. The lowest BCUT2D eigenvalue weighted by molar-refractivity contribution is -0.126. The number of nitrogens with one attached hydrogen (secondary N) is 1. The van der Waals surface area contributed by atoms with Crippen molar-refractivity contribution in [3.8, 4) is 11.4 Å². The zero-order valence-electron chi connectivity index (χ0n) is 19.7. The number of nitrogens with zero attached hydrogens (tertiary/aromatic N) is 4. The molecule has 0 spiro atoms. The lowest BCUT2D eigenvalue weighted by atomic mass is 9.95. The number of methoxy groups -OCH3 is 1. The van der Waals surface area contributed by atoms with Crippen LogP contribution in [-0.4, -0.2) is 40.6 Å². The molecule has 3 aromatic heterocycles. The van der Waals surface area contributed by atoms with Crippen molar-refractivity contribution in [2.24, 2.45) is 5.92 Å². The van der Waals surface area contributed by atoms with Gasteiger partial charge >= 0.3 is 0 Å². The van der Waals surface area contributed by atoms with Crippen LogP contribution in [0.2, 0.25) is 0 Å². The van der Waals surface area contributed by atoms with Crippen molar-refractivity contribution < 1.29 is 9.53 Å². The van der Waals surface area contributed by atoms with Crippen molar-refractivity contribution in [3.63, 3.8) is 0 Å². The van der Waals surface area contributed by atoms with Crippen LogP contribution in [0.1, 0.15) is 31.4 Å². The van der Waals surface area contributed by atoms with Gasteiger partial charge in [0.05, 0.1) is 24.4 Å². The molecule has 1 fully saturated rings. The largest absolute Gasteiger partial charge is 0.497 e. The Bertz CT molecular complexity index is 1390. The van der Waals surface area contributed by atoms with Crippen molar-refractivity contribution >= 4 is 33.4 Å². The van der Waals surface area contributed by atoms with Crippen LogP contribution in [0.25, 0.3) is 15.9 Å². The number of ether oxygens (including phenoxy) is 1. The first-order valence-electron chi connectivity index (χ1n) is 11.6. The summed E-state index contributed by atoms with van der Waals surface area (Å²) in [5.41, 5.74) is 2.28. The standard InChI is InChI=1S/C26H27N5O3S/c1-17(19-5-4-11-27-16-19)28-24(32)18-8-12-30(13-9-18)26-29-22-10-14-35-23(22)25(33)31(26)20-6-3-7-21(15-20)34-2/h3-7,10-11,14-18H,8-9,12-13H2,1-2H3,(H,28,32)/t17-/m0/s1. The molecule has 180 valence electrons. The molecule has 0 bridgehead atoms. The number of carbonyl (C=O) groups is 1. The van der Waals surface area contributed by atoms with E-state index in [2.05, 4.69) is 15.2 Å². The Kier molecular flexibility index (Phi) is 6.50. The monoisotopic (exact) mass is 489 g/mol. The molecule has 9 heteroatoms. The SMILES string of the molecule is COc1cccc(-n2c(N3CCC(C(=O)N[C@@H](C)c4cccnc4)CC3)nc3ccsc3c2=O)c1. The fourth-order valence-electron chi connectivity index (χ4n) is 4.48. The predicted molar refractivity (Wildman–Crippen MR) is 138 cm³/mol. The molecule has 5 rings (SSSR count). The van der Waals surface area contributed by atoms with E-state index in [0.29, 0.717) is 53.5 Å². The van der Waals surface area contributed by atoms with E-state index in [0.717, 1.165) is 5.56 Å². The van der Waals surface area contributed by atoms with Gasteiger partial charge in [0, 0.05) is 37.5 Å². The third-order valence-corrected chi connectivity index (χ3v) is 7.36. The maximum atomic E-state index is 13.5. The summed E-state index contributed by atoms with van der Waals surface area (Å²) in [7, 11) is 1.61. The highest BCUT2D eigenvalue weighted by atomic mass is 32.1. The molecule has 1 aliphatic rings. The number of anilines is 1. The Morgan fingerprint density at radius 2 is 2.03 bits per heavy atom. The Labute approximate surface area is 207 Å². The summed E-state index contributed by atoms with van der Waals surface area (Å²) in [4.78, 5) is 37.5. The first kappa shape index (κ1) is 23.0. The van der Waals surface area contributed by atoms with Crippen LogP contribution in [0, 0.1) is 5.92 Å². The quantitative estimate of drug-likeness (QED) is 0.441. The van der Waals surface area contributed by atoms with E-state index >= 15 is 0 Å². The molecular weight excluding hydrogens is 462 g/mol.